The van der Waals surface area contributed by atoms with Crippen LogP contribution in [0.1, 0.15) is 12.5 Å². The number of hydrogen-bond acceptors (Lipinski definition) is 4. The zero-order valence-electron chi connectivity index (χ0n) is 10.5. The Labute approximate surface area is 102 Å². The van der Waals surface area contributed by atoms with Crippen molar-refractivity contribution in [1.29, 1.82) is 0 Å². The standard InChI is InChI=1S/C13H19NO3/c1-4-10-6-5-7-11(8-10)17-9-12(14-2)13(15)16-3/h5-8,12,14H,4,9H2,1-3H3. The summed E-state index contributed by atoms with van der Waals surface area (Å²) >= 11 is 0. The molecule has 0 aliphatic rings. The SMILES string of the molecule is CCc1cccc(OCC(NC)C(=O)OC)c1. The van der Waals surface area contributed by atoms with Gasteiger partial charge in [0.2, 0.25) is 0 Å². The van der Waals surface area contributed by atoms with Gasteiger partial charge in [0.05, 0.1) is 7.11 Å². The highest BCUT2D eigenvalue weighted by Crippen LogP contribution is 2.13. The molecule has 4 heteroatoms. The van der Waals surface area contributed by atoms with Gasteiger partial charge in [0.1, 0.15) is 18.4 Å². The average molecular weight is 237 g/mol. The van der Waals surface area contributed by atoms with Crippen LogP contribution >= 0.6 is 0 Å². The smallest absolute Gasteiger partial charge is 0.326 e. The third-order valence-electron chi connectivity index (χ3n) is 2.56. The summed E-state index contributed by atoms with van der Waals surface area (Å²) in [6, 6.07) is 7.40. The van der Waals surface area contributed by atoms with Crippen LogP contribution in [0.5, 0.6) is 5.75 Å². The monoisotopic (exact) mass is 237 g/mol. The van der Waals surface area contributed by atoms with E-state index in [0.29, 0.717) is 0 Å². The van der Waals surface area contributed by atoms with Gasteiger partial charge in [0.25, 0.3) is 0 Å². The fourth-order valence-corrected chi connectivity index (χ4v) is 1.45. The molecule has 0 bridgehead atoms. The second kappa shape index (κ2) is 6.91. The van der Waals surface area contributed by atoms with Crippen molar-refractivity contribution in [2.45, 2.75) is 19.4 Å². The molecule has 1 atom stereocenters. The largest absolute Gasteiger partial charge is 0.491 e. The first-order chi connectivity index (χ1) is 8.21. The lowest BCUT2D eigenvalue weighted by Crippen LogP contribution is -2.40. The summed E-state index contributed by atoms with van der Waals surface area (Å²) < 4.78 is 10.2. The molecule has 94 valence electrons. The molecule has 0 amide bonds. The maximum absolute atomic E-state index is 11.3. The number of esters is 1. The lowest BCUT2D eigenvalue weighted by atomic mass is 10.2. The summed E-state index contributed by atoms with van der Waals surface area (Å²) in [5.41, 5.74) is 1.21. The number of aryl methyl sites for hydroxylation is 1. The summed E-state index contributed by atoms with van der Waals surface area (Å²) in [7, 11) is 3.07. The van der Waals surface area contributed by atoms with Crippen LogP contribution in [0.3, 0.4) is 0 Å². The summed E-state index contributed by atoms with van der Waals surface area (Å²) in [6.45, 7) is 2.35. The van der Waals surface area contributed by atoms with Crippen molar-refractivity contribution in [2.75, 3.05) is 20.8 Å². The van der Waals surface area contributed by atoms with Crippen molar-refractivity contribution in [1.82, 2.24) is 5.32 Å². The van der Waals surface area contributed by atoms with Gasteiger partial charge in [-0.3, -0.25) is 4.79 Å². The van der Waals surface area contributed by atoms with Gasteiger partial charge in [-0.05, 0) is 31.2 Å². The molecule has 0 saturated heterocycles. The summed E-state index contributed by atoms with van der Waals surface area (Å²) in [5, 5.41) is 2.85. The lowest BCUT2D eigenvalue weighted by molar-refractivity contribution is -0.143. The second-order valence-electron chi connectivity index (χ2n) is 3.68. The van der Waals surface area contributed by atoms with Gasteiger partial charge in [-0.1, -0.05) is 19.1 Å². The minimum atomic E-state index is -0.440. The molecule has 0 aromatic heterocycles. The molecule has 0 aliphatic carbocycles. The van der Waals surface area contributed by atoms with Crippen molar-refractivity contribution in [3.8, 4) is 5.75 Å². The average Bonchev–Trinajstić information content (AvgIpc) is 2.39. The first-order valence-electron chi connectivity index (χ1n) is 5.68. The van der Waals surface area contributed by atoms with E-state index in [-0.39, 0.29) is 12.6 Å². The minimum Gasteiger partial charge on any atom is -0.491 e. The minimum absolute atomic E-state index is 0.260. The van der Waals surface area contributed by atoms with E-state index >= 15 is 0 Å². The maximum Gasteiger partial charge on any atom is 0.326 e. The molecule has 1 unspecified atom stereocenters. The number of likely N-dealkylation sites (N-methyl/N-ethyl adjacent to an activating group) is 1. The first kappa shape index (κ1) is 13.5. The highest BCUT2D eigenvalue weighted by molar-refractivity contribution is 5.75. The lowest BCUT2D eigenvalue weighted by Gasteiger charge is -2.15. The van der Waals surface area contributed by atoms with Crippen LogP contribution in [0, 0.1) is 0 Å². The molecule has 0 heterocycles. The van der Waals surface area contributed by atoms with Gasteiger partial charge < -0.3 is 14.8 Å². The first-order valence-corrected chi connectivity index (χ1v) is 5.68. The van der Waals surface area contributed by atoms with Crippen LogP contribution in [0.25, 0.3) is 0 Å². The number of nitrogens with one attached hydrogen (secondary N) is 1. The van der Waals surface area contributed by atoms with E-state index < -0.39 is 6.04 Å². The molecule has 1 rings (SSSR count). The molecule has 0 spiro atoms. The Balaban J connectivity index is 2.56. The van der Waals surface area contributed by atoms with Crippen LogP contribution in [0.4, 0.5) is 0 Å². The van der Waals surface area contributed by atoms with Gasteiger partial charge in [0, 0.05) is 0 Å². The Morgan fingerprint density at radius 2 is 2.24 bits per heavy atom. The Bertz CT molecular complexity index is 365. The van der Waals surface area contributed by atoms with Gasteiger partial charge in [-0.2, -0.15) is 0 Å². The highest BCUT2D eigenvalue weighted by atomic mass is 16.5. The van der Waals surface area contributed by atoms with E-state index in [4.69, 9.17) is 4.74 Å². The third kappa shape index (κ3) is 4.07. The Hall–Kier alpha value is -1.55. The number of carbonyl (C=O) groups excluding carboxylic acids is 1. The van der Waals surface area contributed by atoms with Gasteiger partial charge in [0.15, 0.2) is 0 Å². The fraction of sp³-hybridized carbons (Fsp3) is 0.462. The molecule has 1 N–H and O–H groups in total. The van der Waals surface area contributed by atoms with Gasteiger partial charge in [-0.15, -0.1) is 0 Å². The molecule has 0 aliphatic heterocycles. The number of hydrogen-bond donors (Lipinski definition) is 1. The predicted octanol–water partition coefficient (Wildman–Crippen LogP) is 1.39. The van der Waals surface area contributed by atoms with E-state index in [1.54, 1.807) is 7.05 Å². The fourth-order valence-electron chi connectivity index (χ4n) is 1.45. The van der Waals surface area contributed by atoms with Crippen LogP contribution < -0.4 is 10.1 Å². The van der Waals surface area contributed by atoms with E-state index in [0.717, 1.165) is 12.2 Å². The molecule has 1 aromatic carbocycles. The zero-order chi connectivity index (χ0) is 12.7. The van der Waals surface area contributed by atoms with Crippen molar-refractivity contribution < 1.29 is 14.3 Å². The molecular formula is C13H19NO3. The summed E-state index contributed by atoms with van der Waals surface area (Å²) in [5.74, 6) is 0.452. The number of rotatable bonds is 6. The van der Waals surface area contributed by atoms with E-state index in [9.17, 15) is 4.79 Å². The highest BCUT2D eigenvalue weighted by Gasteiger charge is 2.17. The third-order valence-corrected chi connectivity index (χ3v) is 2.56. The van der Waals surface area contributed by atoms with Crippen LogP contribution in [-0.4, -0.2) is 32.8 Å². The molecule has 1 aromatic rings. The maximum atomic E-state index is 11.3. The van der Waals surface area contributed by atoms with E-state index in [1.165, 1.54) is 12.7 Å². The molecule has 0 fully saturated rings. The number of ether oxygens (including phenoxy) is 2. The quantitative estimate of drug-likeness (QED) is 0.759. The van der Waals surface area contributed by atoms with Gasteiger partial charge in [-0.25, -0.2) is 0 Å². The van der Waals surface area contributed by atoms with Crippen molar-refractivity contribution in [3.63, 3.8) is 0 Å². The predicted molar refractivity (Wildman–Crippen MR) is 66.2 cm³/mol. The van der Waals surface area contributed by atoms with E-state index in [2.05, 4.69) is 17.0 Å². The summed E-state index contributed by atoms with van der Waals surface area (Å²) in [4.78, 5) is 11.3. The molecule has 17 heavy (non-hydrogen) atoms. The second-order valence-corrected chi connectivity index (χ2v) is 3.68. The molecule has 0 radical (unpaired) electrons. The normalized spacial score (nSPS) is 11.9. The Morgan fingerprint density at radius 1 is 1.47 bits per heavy atom. The van der Waals surface area contributed by atoms with Crippen molar-refractivity contribution in [2.24, 2.45) is 0 Å². The van der Waals surface area contributed by atoms with E-state index in [1.807, 2.05) is 24.3 Å². The molecular weight excluding hydrogens is 218 g/mol. The molecule has 4 nitrogen and oxygen atoms in total. The van der Waals surface area contributed by atoms with Crippen molar-refractivity contribution in [3.05, 3.63) is 29.8 Å². The molecule has 0 saturated carbocycles. The topological polar surface area (TPSA) is 47.6 Å². The Morgan fingerprint density at radius 3 is 2.82 bits per heavy atom. The number of benzene rings is 1. The Kier molecular flexibility index (Phi) is 5.49. The van der Waals surface area contributed by atoms with Crippen molar-refractivity contribution >= 4 is 5.97 Å². The van der Waals surface area contributed by atoms with Crippen LogP contribution in [0.2, 0.25) is 0 Å². The summed E-state index contributed by atoms with van der Waals surface area (Å²) in [6.07, 6.45) is 0.962. The van der Waals surface area contributed by atoms with Crippen LogP contribution in [0.15, 0.2) is 24.3 Å². The van der Waals surface area contributed by atoms with Crippen LogP contribution in [-0.2, 0) is 16.0 Å². The number of methoxy groups -OCH3 is 1. The van der Waals surface area contributed by atoms with Gasteiger partial charge >= 0.3 is 5.97 Å². The number of carbonyl (C=O) groups is 1. The zero-order valence-corrected chi connectivity index (χ0v) is 10.5.